The Morgan fingerprint density at radius 3 is 2.58 bits per heavy atom. The first-order valence-electron chi connectivity index (χ1n) is 5.24. The van der Waals surface area contributed by atoms with Gasteiger partial charge in [0.15, 0.2) is 16.1 Å². The lowest BCUT2D eigenvalue weighted by Crippen LogP contribution is -2.16. The first-order chi connectivity index (χ1) is 8.77. The first-order valence-corrected chi connectivity index (χ1v) is 6.90. The molecule has 8 nitrogen and oxygen atoms in total. The second kappa shape index (κ2) is 5.95. The Morgan fingerprint density at radius 2 is 2.11 bits per heavy atom. The zero-order chi connectivity index (χ0) is 14.6. The fourth-order valence-electron chi connectivity index (χ4n) is 1.36. The summed E-state index contributed by atoms with van der Waals surface area (Å²) in [6.45, 7) is 0.642. The van der Waals surface area contributed by atoms with Gasteiger partial charge in [-0.2, -0.15) is 0 Å². The molecule has 1 aromatic rings. The Morgan fingerprint density at radius 1 is 1.47 bits per heavy atom. The van der Waals surface area contributed by atoms with Crippen LogP contribution in [0.5, 0.6) is 5.75 Å². The molecule has 9 heteroatoms. The quantitative estimate of drug-likeness (QED) is 0.431. The van der Waals surface area contributed by atoms with Crippen molar-refractivity contribution in [3.8, 4) is 5.75 Å². The highest BCUT2D eigenvalue weighted by atomic mass is 32.2. The van der Waals surface area contributed by atoms with Crippen molar-refractivity contribution in [1.82, 2.24) is 0 Å². The molecule has 0 fully saturated rings. The van der Waals surface area contributed by atoms with Crippen LogP contribution in [0.15, 0.2) is 23.1 Å². The Bertz CT molecular complexity index is 567. The van der Waals surface area contributed by atoms with Crippen LogP contribution in [0.2, 0.25) is 0 Å². The number of hydrogen-bond acceptors (Lipinski definition) is 7. The number of sulfone groups is 1. The summed E-state index contributed by atoms with van der Waals surface area (Å²) in [5.74, 6) is -0.793. The maximum atomic E-state index is 11.9. The van der Waals surface area contributed by atoms with E-state index in [1.165, 1.54) is 6.92 Å². The predicted octanol–water partition coefficient (Wildman–Crippen LogP) is 0.0779. The van der Waals surface area contributed by atoms with Crippen molar-refractivity contribution in [1.29, 1.82) is 0 Å². The van der Waals surface area contributed by atoms with Gasteiger partial charge >= 0.3 is 0 Å². The van der Waals surface area contributed by atoms with Crippen LogP contribution in [0.4, 0.5) is 5.69 Å². The number of hydrogen-bond donors (Lipinski definition) is 2. The fourth-order valence-corrected chi connectivity index (χ4v) is 2.55. The minimum absolute atomic E-state index is 0.200. The summed E-state index contributed by atoms with van der Waals surface area (Å²) in [5, 5.41) is 28.5. The lowest BCUT2D eigenvalue weighted by atomic mass is 10.3. The average molecular weight is 291 g/mol. The number of aliphatic hydroxyl groups is 2. The summed E-state index contributed by atoms with van der Waals surface area (Å²) < 4.78 is 28.6. The number of nitro benzene ring substituents is 1. The molecule has 1 aromatic carbocycles. The Balaban J connectivity index is 3.37. The van der Waals surface area contributed by atoms with Gasteiger partial charge in [0.25, 0.3) is 5.69 Å². The van der Waals surface area contributed by atoms with Crippen LogP contribution in [0.1, 0.15) is 6.92 Å². The van der Waals surface area contributed by atoms with E-state index in [0.717, 1.165) is 18.2 Å². The van der Waals surface area contributed by atoms with Gasteiger partial charge in [-0.1, -0.05) is 0 Å². The lowest BCUT2D eigenvalue weighted by Gasteiger charge is -2.13. The SMILES string of the molecule is CC(O)Oc1ccc([N+](=O)[O-])cc1S(=O)(=O)CCO. The topological polar surface area (TPSA) is 127 Å². The van der Waals surface area contributed by atoms with Crippen LogP contribution < -0.4 is 4.74 Å². The monoisotopic (exact) mass is 291 g/mol. The van der Waals surface area contributed by atoms with E-state index in [4.69, 9.17) is 14.9 Å². The smallest absolute Gasteiger partial charge is 0.271 e. The Hall–Kier alpha value is -1.71. The zero-order valence-corrected chi connectivity index (χ0v) is 10.8. The van der Waals surface area contributed by atoms with Crippen LogP contribution in [0.3, 0.4) is 0 Å². The average Bonchev–Trinajstić information content (AvgIpc) is 2.28. The first kappa shape index (κ1) is 15.3. The molecule has 0 bridgehead atoms. The molecule has 1 unspecified atom stereocenters. The number of rotatable bonds is 6. The zero-order valence-electron chi connectivity index (χ0n) is 10.0. The molecule has 0 amide bonds. The molecule has 0 aliphatic heterocycles. The highest BCUT2D eigenvalue weighted by Gasteiger charge is 2.23. The van der Waals surface area contributed by atoms with E-state index in [2.05, 4.69) is 0 Å². The molecule has 106 valence electrons. The molecule has 0 aliphatic carbocycles. The van der Waals surface area contributed by atoms with Crippen molar-refractivity contribution >= 4 is 15.5 Å². The van der Waals surface area contributed by atoms with Gasteiger partial charge in [0.2, 0.25) is 0 Å². The molecule has 0 aliphatic rings. The Kier molecular flexibility index (Phi) is 4.81. The third-order valence-corrected chi connectivity index (χ3v) is 3.84. The maximum Gasteiger partial charge on any atom is 0.271 e. The number of ether oxygens (including phenoxy) is 1. The van der Waals surface area contributed by atoms with Gasteiger partial charge in [-0.05, 0) is 13.0 Å². The number of non-ortho nitro benzene ring substituents is 1. The van der Waals surface area contributed by atoms with Gasteiger partial charge in [0.1, 0.15) is 10.6 Å². The van der Waals surface area contributed by atoms with Crippen molar-refractivity contribution in [2.24, 2.45) is 0 Å². The van der Waals surface area contributed by atoms with E-state index in [1.807, 2.05) is 0 Å². The summed E-state index contributed by atoms with van der Waals surface area (Å²) in [5.41, 5.74) is -0.422. The van der Waals surface area contributed by atoms with Crippen molar-refractivity contribution in [3.05, 3.63) is 28.3 Å². The van der Waals surface area contributed by atoms with Crippen molar-refractivity contribution in [3.63, 3.8) is 0 Å². The standard InChI is InChI=1S/C10H13NO7S/c1-7(13)18-9-3-2-8(11(14)15)6-10(9)19(16,17)5-4-12/h2-3,6-7,12-13H,4-5H2,1H3. The van der Waals surface area contributed by atoms with Crippen LogP contribution >= 0.6 is 0 Å². The summed E-state index contributed by atoms with van der Waals surface area (Å²) in [7, 11) is -3.93. The van der Waals surface area contributed by atoms with E-state index < -0.39 is 44.0 Å². The molecule has 19 heavy (non-hydrogen) atoms. The molecule has 0 heterocycles. The molecule has 0 saturated heterocycles. The lowest BCUT2D eigenvalue weighted by molar-refractivity contribution is -0.385. The van der Waals surface area contributed by atoms with Crippen LogP contribution in [-0.2, 0) is 9.84 Å². The van der Waals surface area contributed by atoms with E-state index in [0.29, 0.717) is 0 Å². The van der Waals surface area contributed by atoms with Crippen molar-refractivity contribution in [2.75, 3.05) is 12.4 Å². The summed E-state index contributed by atoms with van der Waals surface area (Å²) in [6.07, 6.45) is -1.27. The van der Waals surface area contributed by atoms with E-state index in [-0.39, 0.29) is 5.75 Å². The molecule has 2 N–H and O–H groups in total. The molecule has 0 saturated carbocycles. The maximum absolute atomic E-state index is 11.9. The third-order valence-electron chi connectivity index (χ3n) is 2.13. The highest BCUT2D eigenvalue weighted by Crippen LogP contribution is 2.29. The molecule has 1 rings (SSSR count). The molecular weight excluding hydrogens is 278 g/mol. The largest absolute Gasteiger partial charge is 0.464 e. The number of benzene rings is 1. The molecule has 0 radical (unpaired) electrons. The van der Waals surface area contributed by atoms with E-state index in [9.17, 15) is 18.5 Å². The summed E-state index contributed by atoms with van der Waals surface area (Å²) in [6, 6.07) is 2.99. The van der Waals surface area contributed by atoms with Gasteiger partial charge in [0.05, 0.1) is 17.3 Å². The van der Waals surface area contributed by atoms with Crippen LogP contribution in [0, 0.1) is 10.1 Å². The summed E-state index contributed by atoms with van der Waals surface area (Å²) >= 11 is 0. The van der Waals surface area contributed by atoms with E-state index in [1.54, 1.807) is 0 Å². The van der Waals surface area contributed by atoms with E-state index >= 15 is 0 Å². The minimum atomic E-state index is -3.93. The molecule has 0 aromatic heterocycles. The minimum Gasteiger partial charge on any atom is -0.464 e. The van der Waals surface area contributed by atoms with Gasteiger partial charge < -0.3 is 14.9 Å². The fraction of sp³-hybridized carbons (Fsp3) is 0.400. The van der Waals surface area contributed by atoms with Crippen LogP contribution in [-0.4, -0.2) is 42.2 Å². The van der Waals surface area contributed by atoms with Gasteiger partial charge in [-0.15, -0.1) is 0 Å². The van der Waals surface area contributed by atoms with Gasteiger partial charge in [0, 0.05) is 12.1 Å². The highest BCUT2D eigenvalue weighted by molar-refractivity contribution is 7.91. The molecule has 0 spiro atoms. The second-order valence-electron chi connectivity index (χ2n) is 3.65. The number of aliphatic hydroxyl groups excluding tert-OH is 2. The number of nitro groups is 1. The normalized spacial score (nSPS) is 13.0. The predicted molar refractivity (Wildman–Crippen MR) is 64.5 cm³/mol. The van der Waals surface area contributed by atoms with Crippen molar-refractivity contribution < 1.29 is 28.3 Å². The molecule has 1 atom stereocenters. The number of nitrogens with zero attached hydrogens (tertiary/aromatic N) is 1. The molecular formula is C10H13NO7S. The second-order valence-corrected chi connectivity index (χ2v) is 5.73. The van der Waals surface area contributed by atoms with Gasteiger partial charge in [-0.25, -0.2) is 8.42 Å². The third kappa shape index (κ3) is 3.88. The van der Waals surface area contributed by atoms with Crippen LogP contribution in [0.25, 0.3) is 0 Å². The Labute approximate surface area is 109 Å². The van der Waals surface area contributed by atoms with Crippen molar-refractivity contribution in [2.45, 2.75) is 18.1 Å². The van der Waals surface area contributed by atoms with Gasteiger partial charge in [-0.3, -0.25) is 10.1 Å². The summed E-state index contributed by atoms with van der Waals surface area (Å²) in [4.78, 5) is 9.46.